The molecule has 0 bridgehead atoms. The van der Waals surface area contributed by atoms with Gasteiger partial charge in [0.2, 0.25) is 0 Å². The van der Waals surface area contributed by atoms with Gasteiger partial charge in [-0.3, -0.25) is 4.79 Å². The lowest BCUT2D eigenvalue weighted by Gasteiger charge is -2.08. The van der Waals surface area contributed by atoms with E-state index < -0.39 is 23.5 Å². The van der Waals surface area contributed by atoms with Gasteiger partial charge in [0.1, 0.15) is 11.6 Å². The second-order valence-corrected chi connectivity index (χ2v) is 3.93. The molecule has 0 fully saturated rings. The highest BCUT2D eigenvalue weighted by molar-refractivity contribution is 6.05. The molecule has 0 aliphatic carbocycles. The normalized spacial score (nSPS) is 10.1. The van der Waals surface area contributed by atoms with E-state index in [0.29, 0.717) is 0 Å². The fourth-order valence-electron chi connectivity index (χ4n) is 1.59. The minimum atomic E-state index is -1.26. The Bertz CT molecular complexity index is 686. The van der Waals surface area contributed by atoms with E-state index in [0.717, 1.165) is 24.3 Å². The Hall–Kier alpha value is -2.76. The molecular weight excluding hydrogens is 268 g/mol. The summed E-state index contributed by atoms with van der Waals surface area (Å²) < 4.78 is 26.9. The highest BCUT2D eigenvalue weighted by Crippen LogP contribution is 2.18. The van der Waals surface area contributed by atoms with Crippen molar-refractivity contribution < 1.29 is 23.5 Å². The number of rotatable bonds is 3. The molecule has 0 unspecified atom stereocenters. The molecular formula is C14H9F2NO3. The first-order chi connectivity index (χ1) is 9.49. The highest BCUT2D eigenvalue weighted by atomic mass is 19.1. The van der Waals surface area contributed by atoms with Crippen molar-refractivity contribution in [3.8, 4) is 0 Å². The first kappa shape index (κ1) is 13.7. The van der Waals surface area contributed by atoms with Gasteiger partial charge in [0.25, 0.3) is 5.91 Å². The lowest BCUT2D eigenvalue weighted by Crippen LogP contribution is -2.15. The van der Waals surface area contributed by atoms with Crippen LogP contribution in [-0.2, 0) is 0 Å². The SMILES string of the molecule is O=C(O)c1ccc(F)c(NC(=O)c2ccccc2F)c1. The van der Waals surface area contributed by atoms with Crippen molar-refractivity contribution in [2.75, 3.05) is 5.32 Å². The summed E-state index contributed by atoms with van der Waals surface area (Å²) in [6, 6.07) is 8.16. The maximum absolute atomic E-state index is 13.5. The van der Waals surface area contributed by atoms with Crippen LogP contribution in [0.15, 0.2) is 42.5 Å². The van der Waals surface area contributed by atoms with Gasteiger partial charge in [-0.05, 0) is 30.3 Å². The number of benzene rings is 2. The molecule has 4 nitrogen and oxygen atoms in total. The zero-order valence-electron chi connectivity index (χ0n) is 10.1. The van der Waals surface area contributed by atoms with E-state index in [2.05, 4.69) is 5.32 Å². The summed E-state index contributed by atoms with van der Waals surface area (Å²) in [6.07, 6.45) is 0. The smallest absolute Gasteiger partial charge is 0.335 e. The van der Waals surface area contributed by atoms with Crippen molar-refractivity contribution in [2.45, 2.75) is 0 Å². The monoisotopic (exact) mass is 277 g/mol. The molecule has 0 aliphatic rings. The number of hydrogen-bond donors (Lipinski definition) is 2. The number of nitrogens with one attached hydrogen (secondary N) is 1. The summed E-state index contributed by atoms with van der Waals surface area (Å²) in [7, 11) is 0. The summed E-state index contributed by atoms with van der Waals surface area (Å²) in [6.45, 7) is 0. The molecule has 0 aliphatic heterocycles. The molecule has 6 heteroatoms. The van der Waals surface area contributed by atoms with E-state index in [4.69, 9.17) is 5.11 Å². The van der Waals surface area contributed by atoms with Crippen molar-refractivity contribution in [1.82, 2.24) is 0 Å². The quantitative estimate of drug-likeness (QED) is 0.906. The number of aromatic carboxylic acids is 1. The number of anilines is 1. The molecule has 2 N–H and O–H groups in total. The van der Waals surface area contributed by atoms with E-state index in [1.54, 1.807) is 0 Å². The topological polar surface area (TPSA) is 66.4 Å². The summed E-state index contributed by atoms with van der Waals surface area (Å²) in [5.74, 6) is -3.67. The van der Waals surface area contributed by atoms with Crippen LogP contribution in [0, 0.1) is 11.6 Å². The van der Waals surface area contributed by atoms with Crippen LogP contribution in [0.4, 0.5) is 14.5 Å². The zero-order valence-corrected chi connectivity index (χ0v) is 10.1. The number of carboxylic acids is 1. The second kappa shape index (κ2) is 5.48. The molecule has 0 atom stereocenters. The van der Waals surface area contributed by atoms with Crippen molar-refractivity contribution in [2.24, 2.45) is 0 Å². The van der Waals surface area contributed by atoms with E-state index >= 15 is 0 Å². The molecule has 0 radical (unpaired) electrons. The maximum atomic E-state index is 13.5. The molecule has 0 heterocycles. The Morgan fingerprint density at radius 2 is 1.70 bits per heavy atom. The summed E-state index contributed by atoms with van der Waals surface area (Å²) in [5.41, 5.74) is -0.763. The number of carbonyl (C=O) groups is 2. The molecule has 102 valence electrons. The van der Waals surface area contributed by atoms with Gasteiger partial charge in [-0.15, -0.1) is 0 Å². The number of halogens is 2. The minimum absolute atomic E-state index is 0.185. The molecule has 1 amide bonds. The van der Waals surface area contributed by atoms with E-state index in [9.17, 15) is 18.4 Å². The lowest BCUT2D eigenvalue weighted by molar-refractivity contribution is 0.0696. The molecule has 2 aromatic carbocycles. The molecule has 0 saturated heterocycles. The Labute approximate surface area is 112 Å². The summed E-state index contributed by atoms with van der Waals surface area (Å²) >= 11 is 0. The van der Waals surface area contributed by atoms with Gasteiger partial charge in [0.05, 0.1) is 16.8 Å². The van der Waals surface area contributed by atoms with Crippen LogP contribution in [0.1, 0.15) is 20.7 Å². The van der Waals surface area contributed by atoms with Crippen molar-refractivity contribution in [3.05, 3.63) is 65.2 Å². The average molecular weight is 277 g/mol. The standard InChI is InChI=1S/C14H9F2NO3/c15-10-4-2-1-3-9(10)13(18)17-12-7-8(14(19)20)5-6-11(12)16/h1-7H,(H,17,18)(H,19,20). The van der Waals surface area contributed by atoms with Crippen LogP contribution in [0.5, 0.6) is 0 Å². The fourth-order valence-corrected chi connectivity index (χ4v) is 1.59. The molecule has 20 heavy (non-hydrogen) atoms. The summed E-state index contributed by atoms with van der Waals surface area (Å²) in [4.78, 5) is 22.6. The maximum Gasteiger partial charge on any atom is 0.335 e. The fraction of sp³-hybridized carbons (Fsp3) is 0. The van der Waals surface area contributed by atoms with E-state index in [1.165, 1.54) is 18.2 Å². The van der Waals surface area contributed by atoms with Crippen LogP contribution < -0.4 is 5.32 Å². The first-order valence-corrected chi connectivity index (χ1v) is 5.58. The van der Waals surface area contributed by atoms with Crippen LogP contribution in [0.2, 0.25) is 0 Å². The predicted molar refractivity (Wildman–Crippen MR) is 67.7 cm³/mol. The largest absolute Gasteiger partial charge is 0.478 e. The number of carboxylic acid groups (broad SMARTS) is 1. The molecule has 0 spiro atoms. The minimum Gasteiger partial charge on any atom is -0.478 e. The summed E-state index contributed by atoms with van der Waals surface area (Å²) in [5, 5.41) is 10.9. The zero-order chi connectivity index (χ0) is 14.7. The van der Waals surface area contributed by atoms with Gasteiger partial charge < -0.3 is 10.4 Å². The average Bonchev–Trinajstić information content (AvgIpc) is 2.41. The Morgan fingerprint density at radius 1 is 1.00 bits per heavy atom. The van der Waals surface area contributed by atoms with Gasteiger partial charge in [-0.25, -0.2) is 13.6 Å². The van der Waals surface area contributed by atoms with Gasteiger partial charge in [-0.1, -0.05) is 12.1 Å². The molecule has 2 aromatic rings. The van der Waals surface area contributed by atoms with Crippen molar-refractivity contribution in [3.63, 3.8) is 0 Å². The van der Waals surface area contributed by atoms with Gasteiger partial charge in [-0.2, -0.15) is 0 Å². The van der Waals surface area contributed by atoms with Crippen molar-refractivity contribution in [1.29, 1.82) is 0 Å². The highest BCUT2D eigenvalue weighted by Gasteiger charge is 2.14. The third-order valence-electron chi connectivity index (χ3n) is 2.58. The Kier molecular flexibility index (Phi) is 3.74. The van der Waals surface area contributed by atoms with Gasteiger partial charge in [0.15, 0.2) is 0 Å². The van der Waals surface area contributed by atoms with E-state index in [-0.39, 0.29) is 16.8 Å². The van der Waals surface area contributed by atoms with Crippen LogP contribution in [0.3, 0.4) is 0 Å². The first-order valence-electron chi connectivity index (χ1n) is 5.58. The number of amides is 1. The Morgan fingerprint density at radius 3 is 2.35 bits per heavy atom. The molecule has 0 saturated carbocycles. The van der Waals surface area contributed by atoms with Crippen molar-refractivity contribution >= 4 is 17.6 Å². The van der Waals surface area contributed by atoms with Crippen LogP contribution in [0.25, 0.3) is 0 Å². The molecule has 0 aromatic heterocycles. The predicted octanol–water partition coefficient (Wildman–Crippen LogP) is 2.92. The van der Waals surface area contributed by atoms with E-state index in [1.807, 2.05) is 0 Å². The van der Waals surface area contributed by atoms with Gasteiger partial charge in [0, 0.05) is 0 Å². The lowest BCUT2D eigenvalue weighted by atomic mass is 10.1. The third-order valence-corrected chi connectivity index (χ3v) is 2.58. The van der Waals surface area contributed by atoms with Gasteiger partial charge >= 0.3 is 5.97 Å². The Balaban J connectivity index is 2.30. The molecule has 2 rings (SSSR count). The van der Waals surface area contributed by atoms with Crippen LogP contribution >= 0.6 is 0 Å². The van der Waals surface area contributed by atoms with Crippen LogP contribution in [-0.4, -0.2) is 17.0 Å². The number of carbonyl (C=O) groups excluding carboxylic acids is 1. The number of hydrogen-bond acceptors (Lipinski definition) is 2. The third kappa shape index (κ3) is 2.80. The second-order valence-electron chi connectivity index (χ2n) is 3.93.